The van der Waals surface area contributed by atoms with Crippen LogP contribution in [0.4, 0.5) is 23.5 Å². The van der Waals surface area contributed by atoms with E-state index in [1.54, 1.807) is 0 Å². The minimum absolute atomic E-state index is 0.000919. The van der Waals surface area contributed by atoms with E-state index in [-0.39, 0.29) is 5.41 Å². The summed E-state index contributed by atoms with van der Waals surface area (Å²) in [6, 6.07) is 14.4. The second-order valence-corrected chi connectivity index (χ2v) is 8.79. The van der Waals surface area contributed by atoms with Crippen molar-refractivity contribution in [2.45, 2.75) is 13.8 Å². The van der Waals surface area contributed by atoms with Crippen molar-refractivity contribution in [1.29, 1.82) is 0 Å². The molecule has 2 aliphatic rings. The quantitative estimate of drug-likeness (QED) is 0.575. The van der Waals surface area contributed by atoms with Gasteiger partial charge < -0.3 is 20.3 Å². The summed E-state index contributed by atoms with van der Waals surface area (Å²) in [5.41, 5.74) is 1.88. The van der Waals surface area contributed by atoms with Gasteiger partial charge in [-0.3, -0.25) is 0 Å². The van der Waals surface area contributed by atoms with E-state index in [2.05, 4.69) is 71.9 Å². The van der Waals surface area contributed by atoms with Gasteiger partial charge in [0.2, 0.25) is 17.8 Å². The summed E-state index contributed by atoms with van der Waals surface area (Å²) >= 11 is 0. The molecule has 1 aliphatic carbocycles. The molecule has 0 bridgehead atoms. The Balaban J connectivity index is 1.49. The third kappa shape index (κ3) is 5.04. The van der Waals surface area contributed by atoms with Crippen LogP contribution in [0.5, 0.6) is 0 Å². The minimum Gasteiger partial charge on any atom is -0.378 e. The summed E-state index contributed by atoms with van der Waals surface area (Å²) in [4.78, 5) is 16.3. The van der Waals surface area contributed by atoms with Gasteiger partial charge in [0.1, 0.15) is 0 Å². The van der Waals surface area contributed by atoms with Gasteiger partial charge in [-0.15, -0.1) is 0 Å². The molecule has 1 saturated heterocycles. The Morgan fingerprint density at radius 3 is 2.48 bits per heavy atom. The number of ether oxygens (including phenoxy) is 1. The summed E-state index contributed by atoms with van der Waals surface area (Å²) in [5.74, 6) is 1.63. The van der Waals surface area contributed by atoms with Gasteiger partial charge in [-0.25, -0.2) is 0 Å². The second kappa shape index (κ2) is 9.03. The molecule has 1 fully saturated rings. The van der Waals surface area contributed by atoms with Crippen molar-refractivity contribution in [3.63, 3.8) is 0 Å². The van der Waals surface area contributed by atoms with Gasteiger partial charge >= 0.3 is 0 Å². The van der Waals surface area contributed by atoms with Crippen molar-refractivity contribution >= 4 is 34.3 Å². The summed E-state index contributed by atoms with van der Waals surface area (Å²) < 4.78 is 5.51. The van der Waals surface area contributed by atoms with Crippen LogP contribution in [0.2, 0.25) is 0 Å². The average molecular weight is 441 g/mol. The maximum absolute atomic E-state index is 5.51. The molecule has 2 heterocycles. The minimum atomic E-state index is -0.000919. The Morgan fingerprint density at radius 1 is 0.879 bits per heavy atom. The molecule has 1 aromatic heterocycles. The van der Waals surface area contributed by atoms with Crippen LogP contribution in [-0.2, 0) is 4.74 Å². The first-order valence-corrected chi connectivity index (χ1v) is 11.3. The van der Waals surface area contributed by atoms with E-state index in [0.717, 1.165) is 35.2 Å². The van der Waals surface area contributed by atoms with Crippen LogP contribution in [0.15, 0.2) is 78.5 Å². The van der Waals surface area contributed by atoms with Gasteiger partial charge in [0, 0.05) is 35.3 Å². The fourth-order valence-electron chi connectivity index (χ4n) is 3.86. The van der Waals surface area contributed by atoms with Gasteiger partial charge in [0.05, 0.1) is 13.2 Å². The Hall–Kier alpha value is -3.71. The Bertz CT molecular complexity index is 1240. The standard InChI is InChI=1S/C26H28N6O/c1-26(2)13-6-9-20(12-14-26)27-23-29-24(31-25(30-23)32-15-17-33-18-16-32)28-22-11-5-8-19-7-3-4-10-21(19)22/h3-14H,15-18H2,1-2H3,(H2,27,28,29,30,31). The van der Waals surface area contributed by atoms with Crippen LogP contribution in [0.3, 0.4) is 0 Å². The highest BCUT2D eigenvalue weighted by Crippen LogP contribution is 2.27. The van der Waals surface area contributed by atoms with Crippen LogP contribution in [-0.4, -0.2) is 41.3 Å². The van der Waals surface area contributed by atoms with Crippen LogP contribution in [0, 0.1) is 5.41 Å². The summed E-state index contributed by atoms with van der Waals surface area (Å²) in [6.45, 7) is 7.15. The van der Waals surface area contributed by atoms with Gasteiger partial charge in [-0.2, -0.15) is 15.0 Å². The van der Waals surface area contributed by atoms with Crippen molar-refractivity contribution in [2.24, 2.45) is 5.41 Å². The summed E-state index contributed by atoms with van der Waals surface area (Å²) in [7, 11) is 0. The molecule has 5 rings (SSSR count). The zero-order valence-corrected chi connectivity index (χ0v) is 19.0. The number of allylic oxidation sites excluding steroid dienone is 5. The number of nitrogens with zero attached hydrogens (tertiary/aromatic N) is 4. The van der Waals surface area contributed by atoms with E-state index in [4.69, 9.17) is 19.7 Å². The maximum Gasteiger partial charge on any atom is 0.233 e. The normalized spacial score (nSPS) is 17.5. The first kappa shape index (κ1) is 21.2. The van der Waals surface area contributed by atoms with Crippen LogP contribution < -0.4 is 15.5 Å². The van der Waals surface area contributed by atoms with Crippen molar-refractivity contribution in [3.05, 3.63) is 78.5 Å². The third-order valence-corrected chi connectivity index (χ3v) is 5.70. The van der Waals surface area contributed by atoms with Gasteiger partial charge in [0.15, 0.2) is 0 Å². The number of benzene rings is 2. The predicted octanol–water partition coefficient (Wildman–Crippen LogP) is 5.05. The zero-order valence-electron chi connectivity index (χ0n) is 19.0. The number of hydrogen-bond donors (Lipinski definition) is 2. The lowest BCUT2D eigenvalue weighted by atomic mass is 9.93. The number of rotatable bonds is 5. The van der Waals surface area contributed by atoms with E-state index in [1.807, 2.05) is 30.3 Å². The highest BCUT2D eigenvalue weighted by molar-refractivity contribution is 5.94. The molecule has 0 saturated carbocycles. The van der Waals surface area contributed by atoms with Crippen LogP contribution in [0.25, 0.3) is 10.8 Å². The fourth-order valence-corrected chi connectivity index (χ4v) is 3.86. The smallest absolute Gasteiger partial charge is 0.233 e. The molecule has 1 aliphatic heterocycles. The number of anilines is 4. The lowest BCUT2D eigenvalue weighted by Crippen LogP contribution is -2.37. The first-order chi connectivity index (χ1) is 16.1. The molecule has 0 atom stereocenters. The van der Waals surface area contributed by atoms with Crippen molar-refractivity contribution < 1.29 is 4.74 Å². The lowest BCUT2D eigenvalue weighted by Gasteiger charge is -2.27. The van der Waals surface area contributed by atoms with Crippen LogP contribution in [0.1, 0.15) is 13.8 Å². The van der Waals surface area contributed by atoms with E-state index >= 15 is 0 Å². The average Bonchev–Trinajstić information content (AvgIpc) is 3.00. The number of morpholine rings is 1. The highest BCUT2D eigenvalue weighted by atomic mass is 16.5. The molecule has 0 unspecified atom stereocenters. The number of fused-ring (bicyclic) bond motifs is 1. The number of nitrogens with one attached hydrogen (secondary N) is 2. The van der Waals surface area contributed by atoms with Crippen molar-refractivity contribution in [1.82, 2.24) is 15.0 Å². The SMILES string of the molecule is CC1(C)C=CC=C(Nc2nc(Nc3cccc4ccccc34)nc(N3CCOCC3)n2)C=C1. The maximum atomic E-state index is 5.51. The monoisotopic (exact) mass is 440 g/mol. The summed E-state index contributed by atoms with van der Waals surface area (Å²) in [6.07, 6.45) is 10.5. The van der Waals surface area contributed by atoms with Crippen molar-refractivity contribution in [2.75, 3.05) is 41.8 Å². The van der Waals surface area contributed by atoms with E-state index < -0.39 is 0 Å². The molecule has 0 spiro atoms. The Labute approximate surface area is 193 Å². The molecule has 2 aromatic carbocycles. The molecule has 0 radical (unpaired) electrons. The molecule has 3 aromatic rings. The molecule has 7 nitrogen and oxygen atoms in total. The van der Waals surface area contributed by atoms with Gasteiger partial charge in [-0.05, 0) is 23.6 Å². The molecule has 2 N–H and O–H groups in total. The summed E-state index contributed by atoms with van der Waals surface area (Å²) in [5, 5.41) is 9.06. The molecule has 0 amide bonds. The van der Waals surface area contributed by atoms with Gasteiger partial charge in [-0.1, -0.05) is 68.5 Å². The van der Waals surface area contributed by atoms with Gasteiger partial charge in [0.25, 0.3) is 0 Å². The zero-order chi connectivity index (χ0) is 22.7. The lowest BCUT2D eigenvalue weighted by molar-refractivity contribution is 0.122. The topological polar surface area (TPSA) is 75.2 Å². The molecule has 7 heteroatoms. The first-order valence-electron chi connectivity index (χ1n) is 11.3. The second-order valence-electron chi connectivity index (χ2n) is 8.79. The highest BCUT2D eigenvalue weighted by Gasteiger charge is 2.18. The van der Waals surface area contributed by atoms with E-state index in [1.165, 1.54) is 0 Å². The van der Waals surface area contributed by atoms with E-state index in [0.29, 0.717) is 31.1 Å². The fraction of sp³-hybridized carbons (Fsp3) is 0.269. The molecular formula is C26H28N6O. The molecule has 168 valence electrons. The Morgan fingerprint density at radius 2 is 1.64 bits per heavy atom. The molecular weight excluding hydrogens is 412 g/mol. The van der Waals surface area contributed by atoms with Crippen LogP contribution >= 0.6 is 0 Å². The third-order valence-electron chi connectivity index (χ3n) is 5.70. The Kier molecular flexibility index (Phi) is 5.79. The molecule has 33 heavy (non-hydrogen) atoms. The van der Waals surface area contributed by atoms with E-state index in [9.17, 15) is 0 Å². The number of hydrogen-bond acceptors (Lipinski definition) is 7. The largest absolute Gasteiger partial charge is 0.378 e. The predicted molar refractivity (Wildman–Crippen MR) is 134 cm³/mol. The van der Waals surface area contributed by atoms with Crippen molar-refractivity contribution in [3.8, 4) is 0 Å². The number of aromatic nitrogens is 3.